The molecule has 0 saturated carbocycles. The maximum atomic E-state index is 5.27. The SMILES string of the molecule is c1ccc(-c2cccc(-c3cc(-c4ccccc4)cc(-c4nc(-c5ccccc5)c5sc6ccccc6c5n4)c3)c2)cc1. The number of benzene rings is 6. The van der Waals surface area contributed by atoms with Gasteiger partial charge in [-0.1, -0.05) is 127 Å². The summed E-state index contributed by atoms with van der Waals surface area (Å²) in [6, 6.07) is 55.6. The summed E-state index contributed by atoms with van der Waals surface area (Å²) < 4.78 is 2.34. The predicted molar refractivity (Wildman–Crippen MR) is 182 cm³/mol. The minimum absolute atomic E-state index is 0.730. The third-order valence-electron chi connectivity index (χ3n) is 7.87. The molecule has 0 amide bonds. The number of thiophene rings is 1. The molecule has 8 rings (SSSR count). The highest BCUT2D eigenvalue weighted by atomic mass is 32.1. The largest absolute Gasteiger partial charge is 0.226 e. The van der Waals surface area contributed by atoms with Gasteiger partial charge >= 0.3 is 0 Å². The van der Waals surface area contributed by atoms with Crippen molar-refractivity contribution in [2.45, 2.75) is 0 Å². The molecule has 202 valence electrons. The van der Waals surface area contributed by atoms with E-state index in [0.717, 1.165) is 55.1 Å². The van der Waals surface area contributed by atoms with Crippen molar-refractivity contribution in [1.29, 1.82) is 0 Å². The molecule has 0 saturated heterocycles. The summed E-state index contributed by atoms with van der Waals surface area (Å²) in [6.07, 6.45) is 0. The fourth-order valence-electron chi connectivity index (χ4n) is 5.74. The van der Waals surface area contributed by atoms with Gasteiger partial charge in [0.05, 0.1) is 15.9 Å². The first-order valence-corrected chi connectivity index (χ1v) is 15.2. The third-order valence-corrected chi connectivity index (χ3v) is 9.04. The van der Waals surface area contributed by atoms with Crippen LogP contribution >= 0.6 is 11.3 Å². The summed E-state index contributed by atoms with van der Waals surface area (Å²) >= 11 is 1.76. The molecule has 8 aromatic rings. The second-order valence-corrected chi connectivity index (χ2v) is 11.7. The van der Waals surface area contributed by atoms with Crippen LogP contribution in [0.1, 0.15) is 0 Å². The van der Waals surface area contributed by atoms with Crippen LogP contribution in [0.25, 0.3) is 76.3 Å². The minimum atomic E-state index is 0.730. The molecular formula is C40H26N2S. The molecule has 0 aliphatic rings. The average Bonchev–Trinajstić information content (AvgIpc) is 3.48. The fourth-order valence-corrected chi connectivity index (χ4v) is 6.89. The fraction of sp³-hybridized carbons (Fsp3) is 0. The Morgan fingerprint density at radius 1 is 0.372 bits per heavy atom. The van der Waals surface area contributed by atoms with Crippen LogP contribution in [0.2, 0.25) is 0 Å². The zero-order valence-corrected chi connectivity index (χ0v) is 24.1. The van der Waals surface area contributed by atoms with Gasteiger partial charge in [0.15, 0.2) is 5.82 Å². The molecule has 2 aromatic heterocycles. The number of nitrogens with zero attached hydrogens (tertiary/aromatic N) is 2. The second-order valence-electron chi connectivity index (χ2n) is 10.6. The van der Waals surface area contributed by atoms with E-state index in [9.17, 15) is 0 Å². The Labute approximate surface area is 254 Å². The van der Waals surface area contributed by atoms with Gasteiger partial charge in [0.2, 0.25) is 0 Å². The van der Waals surface area contributed by atoms with E-state index < -0.39 is 0 Å². The Kier molecular flexibility index (Phi) is 6.36. The normalized spacial score (nSPS) is 11.3. The second kappa shape index (κ2) is 10.8. The van der Waals surface area contributed by atoms with Crippen molar-refractivity contribution in [3.05, 3.63) is 158 Å². The van der Waals surface area contributed by atoms with Gasteiger partial charge in [0.1, 0.15) is 0 Å². The van der Waals surface area contributed by atoms with E-state index in [1.165, 1.54) is 21.2 Å². The molecule has 43 heavy (non-hydrogen) atoms. The lowest BCUT2D eigenvalue weighted by molar-refractivity contribution is 1.24. The van der Waals surface area contributed by atoms with Crippen molar-refractivity contribution < 1.29 is 0 Å². The van der Waals surface area contributed by atoms with Gasteiger partial charge in [-0.15, -0.1) is 11.3 Å². The van der Waals surface area contributed by atoms with Gasteiger partial charge in [-0.25, -0.2) is 9.97 Å². The first-order valence-electron chi connectivity index (χ1n) is 14.4. The smallest absolute Gasteiger partial charge is 0.160 e. The van der Waals surface area contributed by atoms with Crippen molar-refractivity contribution in [3.8, 4) is 56.0 Å². The van der Waals surface area contributed by atoms with E-state index in [-0.39, 0.29) is 0 Å². The molecule has 2 heterocycles. The first-order chi connectivity index (χ1) is 21.3. The lowest BCUT2D eigenvalue weighted by Crippen LogP contribution is -1.95. The Bertz CT molecular complexity index is 2220. The van der Waals surface area contributed by atoms with Crippen molar-refractivity contribution in [3.63, 3.8) is 0 Å². The van der Waals surface area contributed by atoms with Gasteiger partial charge in [-0.3, -0.25) is 0 Å². The quantitative estimate of drug-likeness (QED) is 0.207. The Balaban J connectivity index is 1.37. The summed E-state index contributed by atoms with van der Waals surface area (Å²) in [5, 5.41) is 1.17. The van der Waals surface area contributed by atoms with E-state index in [1.807, 2.05) is 6.07 Å². The predicted octanol–water partition coefficient (Wildman–Crippen LogP) is 11.2. The molecule has 6 aromatic carbocycles. The molecule has 3 heteroatoms. The number of hydrogen-bond acceptors (Lipinski definition) is 3. The van der Waals surface area contributed by atoms with Crippen molar-refractivity contribution in [2.75, 3.05) is 0 Å². The third kappa shape index (κ3) is 4.80. The minimum Gasteiger partial charge on any atom is -0.226 e. The van der Waals surface area contributed by atoms with Gasteiger partial charge in [-0.05, 0) is 63.7 Å². The van der Waals surface area contributed by atoms with E-state index in [0.29, 0.717) is 0 Å². The Morgan fingerprint density at radius 2 is 0.860 bits per heavy atom. The van der Waals surface area contributed by atoms with Gasteiger partial charge in [0.25, 0.3) is 0 Å². The van der Waals surface area contributed by atoms with Crippen LogP contribution in [0.4, 0.5) is 0 Å². The number of fused-ring (bicyclic) bond motifs is 3. The molecule has 2 nitrogen and oxygen atoms in total. The first kappa shape index (κ1) is 25.3. The monoisotopic (exact) mass is 566 g/mol. The van der Waals surface area contributed by atoms with Crippen LogP contribution in [0.5, 0.6) is 0 Å². The Morgan fingerprint density at radius 3 is 1.56 bits per heavy atom. The lowest BCUT2D eigenvalue weighted by Gasteiger charge is -2.13. The van der Waals surface area contributed by atoms with E-state index in [4.69, 9.17) is 9.97 Å². The molecule has 0 atom stereocenters. The van der Waals surface area contributed by atoms with Crippen LogP contribution < -0.4 is 0 Å². The van der Waals surface area contributed by atoms with Crippen LogP contribution in [-0.4, -0.2) is 9.97 Å². The topological polar surface area (TPSA) is 25.8 Å². The average molecular weight is 567 g/mol. The number of hydrogen-bond donors (Lipinski definition) is 0. The molecular weight excluding hydrogens is 541 g/mol. The van der Waals surface area contributed by atoms with Crippen molar-refractivity contribution in [2.24, 2.45) is 0 Å². The highest BCUT2D eigenvalue weighted by molar-refractivity contribution is 7.26. The molecule has 0 bridgehead atoms. The lowest BCUT2D eigenvalue weighted by atomic mass is 9.94. The molecule has 0 spiro atoms. The highest BCUT2D eigenvalue weighted by Gasteiger charge is 2.17. The summed E-state index contributed by atoms with van der Waals surface area (Å²) in [5.74, 6) is 0.730. The maximum absolute atomic E-state index is 5.27. The summed E-state index contributed by atoms with van der Waals surface area (Å²) in [4.78, 5) is 10.5. The summed E-state index contributed by atoms with van der Waals surface area (Å²) in [7, 11) is 0. The summed E-state index contributed by atoms with van der Waals surface area (Å²) in [6.45, 7) is 0. The van der Waals surface area contributed by atoms with E-state index in [2.05, 4.69) is 152 Å². The van der Waals surface area contributed by atoms with Crippen molar-refractivity contribution >= 4 is 31.6 Å². The number of rotatable bonds is 5. The van der Waals surface area contributed by atoms with Gasteiger partial charge in [-0.2, -0.15) is 0 Å². The van der Waals surface area contributed by atoms with Crippen LogP contribution in [-0.2, 0) is 0 Å². The van der Waals surface area contributed by atoms with E-state index >= 15 is 0 Å². The van der Waals surface area contributed by atoms with E-state index in [1.54, 1.807) is 11.3 Å². The van der Waals surface area contributed by atoms with Gasteiger partial charge in [0, 0.05) is 21.2 Å². The van der Waals surface area contributed by atoms with Gasteiger partial charge < -0.3 is 0 Å². The molecule has 0 N–H and O–H groups in total. The summed E-state index contributed by atoms with van der Waals surface area (Å²) in [5.41, 5.74) is 11.1. The number of aromatic nitrogens is 2. The molecule has 0 aliphatic carbocycles. The Hall–Kier alpha value is -5.38. The molecule has 0 fully saturated rings. The van der Waals surface area contributed by atoms with Crippen LogP contribution in [0, 0.1) is 0 Å². The van der Waals surface area contributed by atoms with Crippen LogP contribution in [0.15, 0.2) is 158 Å². The molecule has 0 aliphatic heterocycles. The van der Waals surface area contributed by atoms with Crippen molar-refractivity contribution in [1.82, 2.24) is 9.97 Å². The zero-order valence-electron chi connectivity index (χ0n) is 23.3. The molecule has 0 radical (unpaired) electrons. The van der Waals surface area contributed by atoms with Crippen LogP contribution in [0.3, 0.4) is 0 Å². The zero-order chi connectivity index (χ0) is 28.6. The molecule has 0 unspecified atom stereocenters. The standard InChI is InChI=1S/C40H26N2S/c1-4-13-27(14-5-1)30-19-12-20-31(23-30)33-24-32(28-15-6-2-7-16-28)25-34(26-33)40-41-37(29-17-8-3-9-18-29)39-38(42-40)35-21-10-11-22-36(35)43-39/h1-26H. The maximum Gasteiger partial charge on any atom is 0.160 e. The highest BCUT2D eigenvalue weighted by Crippen LogP contribution is 2.40.